The third kappa shape index (κ3) is 47.1. The summed E-state index contributed by atoms with van der Waals surface area (Å²) in [4.78, 5) is 37.9. The molecule has 6 heteroatoms. The summed E-state index contributed by atoms with van der Waals surface area (Å²) >= 11 is 0. The van der Waals surface area contributed by atoms with Crippen LogP contribution in [-0.2, 0) is 28.6 Å². The van der Waals surface area contributed by atoms with Crippen molar-refractivity contribution in [3.8, 4) is 0 Å². The van der Waals surface area contributed by atoms with Gasteiger partial charge >= 0.3 is 17.9 Å². The van der Waals surface area contributed by atoms with Crippen LogP contribution in [0.4, 0.5) is 0 Å². The lowest BCUT2D eigenvalue weighted by atomic mass is 10.1. The first-order chi connectivity index (χ1) is 30.5. The fourth-order valence-corrected chi connectivity index (χ4v) is 6.44. The van der Waals surface area contributed by atoms with Crippen LogP contribution in [0.2, 0.25) is 0 Å². The van der Waals surface area contributed by atoms with E-state index >= 15 is 0 Å². The van der Waals surface area contributed by atoms with Gasteiger partial charge in [0.25, 0.3) is 0 Å². The van der Waals surface area contributed by atoms with Crippen molar-refractivity contribution in [1.29, 1.82) is 0 Å². The molecule has 0 amide bonds. The van der Waals surface area contributed by atoms with Gasteiger partial charge in [0.05, 0.1) is 0 Å². The summed E-state index contributed by atoms with van der Waals surface area (Å²) in [5.74, 6) is -0.971. The number of hydrogen-bond acceptors (Lipinski definition) is 6. The van der Waals surface area contributed by atoms with E-state index < -0.39 is 6.10 Å². The Balaban J connectivity index is 4.43. The number of unbranched alkanes of at least 4 members (excludes halogenated alkanes) is 17. The minimum absolute atomic E-state index is 0.104. The number of allylic oxidation sites excluding steroid dienone is 18. The lowest BCUT2D eigenvalue weighted by Crippen LogP contribution is -2.30. The van der Waals surface area contributed by atoms with Crippen molar-refractivity contribution < 1.29 is 28.6 Å². The van der Waals surface area contributed by atoms with Gasteiger partial charge in [-0.2, -0.15) is 0 Å². The molecule has 0 saturated heterocycles. The van der Waals surface area contributed by atoms with E-state index in [1.165, 1.54) is 44.9 Å². The third-order valence-electron chi connectivity index (χ3n) is 10.1. The minimum Gasteiger partial charge on any atom is -0.462 e. The van der Waals surface area contributed by atoms with E-state index in [9.17, 15) is 14.4 Å². The quantitative estimate of drug-likeness (QED) is 0.0200. The van der Waals surface area contributed by atoms with Crippen molar-refractivity contribution >= 4 is 17.9 Å². The minimum atomic E-state index is -0.807. The maximum absolute atomic E-state index is 12.8. The normalized spacial score (nSPS) is 13.0. The zero-order chi connectivity index (χ0) is 45.1. The molecule has 0 fully saturated rings. The first kappa shape index (κ1) is 58.1. The molecule has 0 aromatic carbocycles. The molecule has 1 atom stereocenters. The Morgan fingerprint density at radius 3 is 1.11 bits per heavy atom. The van der Waals surface area contributed by atoms with Gasteiger partial charge in [-0.3, -0.25) is 14.4 Å². The lowest BCUT2D eigenvalue weighted by molar-refractivity contribution is -0.167. The second kappa shape index (κ2) is 49.7. The van der Waals surface area contributed by atoms with Crippen LogP contribution in [0.25, 0.3) is 0 Å². The molecule has 0 aliphatic rings. The number of hydrogen-bond donors (Lipinski definition) is 0. The molecule has 0 aromatic heterocycles. The van der Waals surface area contributed by atoms with Gasteiger partial charge in [-0.1, -0.05) is 201 Å². The van der Waals surface area contributed by atoms with Crippen LogP contribution in [0.1, 0.15) is 207 Å². The first-order valence-corrected chi connectivity index (χ1v) is 24.9. The van der Waals surface area contributed by atoms with Crippen molar-refractivity contribution in [2.24, 2.45) is 0 Å². The molecule has 1 unspecified atom stereocenters. The van der Waals surface area contributed by atoms with Crippen molar-refractivity contribution in [3.05, 3.63) is 109 Å². The molecule has 0 aliphatic heterocycles. The molecule has 0 aromatic rings. The summed E-state index contributed by atoms with van der Waals surface area (Å²) in [7, 11) is 0. The maximum Gasteiger partial charge on any atom is 0.306 e. The summed E-state index contributed by atoms with van der Waals surface area (Å²) in [5, 5.41) is 0. The molecular formula is C56H90O6. The number of esters is 3. The molecule has 6 nitrogen and oxygen atoms in total. The highest BCUT2D eigenvalue weighted by Gasteiger charge is 2.19. The average Bonchev–Trinajstić information content (AvgIpc) is 3.27. The van der Waals surface area contributed by atoms with Gasteiger partial charge in [0, 0.05) is 19.3 Å². The molecule has 0 N–H and O–H groups in total. The van der Waals surface area contributed by atoms with Crippen LogP contribution >= 0.6 is 0 Å². The third-order valence-corrected chi connectivity index (χ3v) is 10.1. The van der Waals surface area contributed by atoms with E-state index in [2.05, 4.69) is 93.7 Å². The van der Waals surface area contributed by atoms with E-state index in [1.807, 2.05) is 36.5 Å². The number of ether oxygens (including phenoxy) is 3. The van der Waals surface area contributed by atoms with Gasteiger partial charge < -0.3 is 14.2 Å². The second-order valence-electron chi connectivity index (χ2n) is 16.0. The Labute approximate surface area is 380 Å². The highest BCUT2D eigenvalue weighted by atomic mass is 16.6. The van der Waals surface area contributed by atoms with E-state index in [0.29, 0.717) is 19.3 Å². The van der Waals surface area contributed by atoms with E-state index in [0.717, 1.165) is 116 Å². The van der Waals surface area contributed by atoms with Gasteiger partial charge in [-0.05, 0) is 96.3 Å². The zero-order valence-corrected chi connectivity index (χ0v) is 39.8. The molecule has 0 heterocycles. The van der Waals surface area contributed by atoms with Gasteiger partial charge in [-0.25, -0.2) is 0 Å². The van der Waals surface area contributed by atoms with Crippen LogP contribution in [0, 0.1) is 0 Å². The monoisotopic (exact) mass is 859 g/mol. The SMILES string of the molecule is CC\C=C/C=C\C=C/C=C\CCCCCC(=O)OC(COC(=O)CCCCCCC/C=C\C/C=C\CC)COC(=O)CCCCCCCCCCC/C=C\C/C=C\C/C=C\CC. The number of carbonyl (C=O) groups excluding carboxylic acids is 3. The van der Waals surface area contributed by atoms with Crippen LogP contribution in [-0.4, -0.2) is 37.2 Å². The summed E-state index contributed by atoms with van der Waals surface area (Å²) < 4.78 is 16.7. The molecule has 62 heavy (non-hydrogen) atoms. The standard InChI is InChI=1S/C56H90O6/c1-4-7-10-13-16-19-22-25-26-27-28-29-30-32-34-37-40-43-46-49-55(58)61-52-53(51-60-54(57)48-45-42-39-36-33-24-21-18-15-12-9-6-3)62-56(59)50-47-44-41-38-35-31-23-20-17-14-11-8-5-2/h7-12,14,16-21,23,25-26,31,35,53H,4-6,13,15,22,24,27-30,32-34,36-52H2,1-3H3/b10-7-,11-8-,12-9-,17-14-,19-16-,21-18-,23-20-,26-25-,35-31-. The largest absolute Gasteiger partial charge is 0.462 e. The predicted octanol–water partition coefficient (Wildman–Crippen LogP) is 16.4. The topological polar surface area (TPSA) is 78.9 Å². The summed E-state index contributed by atoms with van der Waals surface area (Å²) in [5.41, 5.74) is 0. The summed E-state index contributed by atoms with van der Waals surface area (Å²) in [6, 6.07) is 0. The fraction of sp³-hybridized carbons (Fsp3) is 0.625. The Bertz CT molecular complexity index is 1310. The lowest BCUT2D eigenvalue weighted by Gasteiger charge is -2.18. The van der Waals surface area contributed by atoms with E-state index in [-0.39, 0.29) is 37.5 Å². The summed E-state index contributed by atoms with van der Waals surface area (Å²) in [6.45, 7) is 6.21. The maximum atomic E-state index is 12.8. The molecule has 0 bridgehead atoms. The molecular weight excluding hydrogens is 769 g/mol. The second-order valence-corrected chi connectivity index (χ2v) is 16.0. The predicted molar refractivity (Wildman–Crippen MR) is 265 cm³/mol. The van der Waals surface area contributed by atoms with E-state index in [4.69, 9.17) is 14.2 Å². The van der Waals surface area contributed by atoms with Gasteiger partial charge in [0.15, 0.2) is 6.10 Å². The zero-order valence-electron chi connectivity index (χ0n) is 39.8. The molecule has 350 valence electrons. The number of rotatable bonds is 43. The molecule has 0 aliphatic carbocycles. The Kier molecular flexibility index (Phi) is 46.6. The van der Waals surface area contributed by atoms with Gasteiger partial charge in [0.2, 0.25) is 0 Å². The Hall–Kier alpha value is -3.93. The van der Waals surface area contributed by atoms with Crippen molar-refractivity contribution in [3.63, 3.8) is 0 Å². The molecule has 0 spiro atoms. The Morgan fingerprint density at radius 1 is 0.339 bits per heavy atom. The van der Waals surface area contributed by atoms with Crippen LogP contribution in [0.15, 0.2) is 109 Å². The van der Waals surface area contributed by atoms with Crippen LogP contribution < -0.4 is 0 Å². The highest BCUT2D eigenvalue weighted by molar-refractivity contribution is 5.71. The highest BCUT2D eigenvalue weighted by Crippen LogP contribution is 2.14. The Morgan fingerprint density at radius 2 is 0.661 bits per heavy atom. The van der Waals surface area contributed by atoms with Crippen LogP contribution in [0.3, 0.4) is 0 Å². The van der Waals surface area contributed by atoms with Crippen molar-refractivity contribution in [2.75, 3.05) is 13.2 Å². The van der Waals surface area contributed by atoms with Crippen molar-refractivity contribution in [1.82, 2.24) is 0 Å². The van der Waals surface area contributed by atoms with Gasteiger partial charge in [-0.15, -0.1) is 0 Å². The molecule has 0 saturated carbocycles. The fourth-order valence-electron chi connectivity index (χ4n) is 6.44. The van der Waals surface area contributed by atoms with Crippen LogP contribution in [0.5, 0.6) is 0 Å². The average molecular weight is 859 g/mol. The smallest absolute Gasteiger partial charge is 0.306 e. The molecule has 0 rings (SSSR count). The van der Waals surface area contributed by atoms with Crippen molar-refractivity contribution in [2.45, 2.75) is 213 Å². The van der Waals surface area contributed by atoms with E-state index in [1.54, 1.807) is 0 Å². The van der Waals surface area contributed by atoms with Gasteiger partial charge in [0.1, 0.15) is 13.2 Å². The summed E-state index contributed by atoms with van der Waals surface area (Å²) in [6.07, 6.45) is 66.5. The molecule has 0 radical (unpaired) electrons. The first-order valence-electron chi connectivity index (χ1n) is 24.9. The number of carbonyl (C=O) groups is 3.